The predicted octanol–water partition coefficient (Wildman–Crippen LogP) is 5.04. The number of piperidine rings is 1. The summed E-state index contributed by atoms with van der Waals surface area (Å²) >= 11 is 6.11. The van der Waals surface area contributed by atoms with Crippen LogP contribution < -0.4 is 15.9 Å². The number of hydrogen-bond acceptors (Lipinski definition) is 5. The van der Waals surface area contributed by atoms with Gasteiger partial charge in [-0.15, -0.1) is 13.2 Å². The van der Waals surface area contributed by atoms with Crippen LogP contribution in [-0.2, 0) is 13.6 Å². The van der Waals surface area contributed by atoms with E-state index in [9.17, 15) is 22.8 Å². The van der Waals surface area contributed by atoms with E-state index in [1.165, 1.54) is 34.5 Å². The van der Waals surface area contributed by atoms with Gasteiger partial charge in [-0.3, -0.25) is 19.1 Å². The van der Waals surface area contributed by atoms with Crippen molar-refractivity contribution in [3.05, 3.63) is 67.8 Å². The molecule has 0 spiro atoms. The van der Waals surface area contributed by atoms with Gasteiger partial charge in [0, 0.05) is 37.9 Å². The molecule has 0 bridgehead atoms. The quantitative estimate of drug-likeness (QED) is 0.422. The van der Waals surface area contributed by atoms with Crippen LogP contribution in [0.2, 0.25) is 5.02 Å². The van der Waals surface area contributed by atoms with Crippen molar-refractivity contribution in [2.24, 2.45) is 7.05 Å². The molecule has 1 aromatic carbocycles. The first-order chi connectivity index (χ1) is 17.0. The van der Waals surface area contributed by atoms with Crippen molar-refractivity contribution in [1.29, 1.82) is 0 Å². The fourth-order valence-corrected chi connectivity index (χ4v) is 5.37. The third-order valence-corrected chi connectivity index (χ3v) is 7.17. The average molecular weight is 525 g/mol. The van der Waals surface area contributed by atoms with Crippen LogP contribution in [0.4, 0.5) is 13.2 Å². The highest BCUT2D eigenvalue weighted by atomic mass is 35.5. The maximum Gasteiger partial charge on any atom is 0.573 e. The second kappa shape index (κ2) is 10.3. The smallest absolute Gasteiger partial charge is 0.406 e. The molecule has 36 heavy (non-hydrogen) atoms. The number of hydrogen-bond donors (Lipinski definition) is 0. The zero-order valence-corrected chi connectivity index (χ0v) is 21.0. The van der Waals surface area contributed by atoms with Gasteiger partial charge in [0.15, 0.2) is 5.65 Å². The summed E-state index contributed by atoms with van der Waals surface area (Å²) < 4.78 is 44.3. The Balaban J connectivity index is 1.64. The number of ether oxygens (including phenoxy) is 1. The Bertz CT molecular complexity index is 1340. The molecule has 1 fully saturated rings. The third kappa shape index (κ3) is 5.29. The molecule has 0 unspecified atom stereocenters. The molecule has 0 aliphatic carbocycles. The first-order valence-corrected chi connectivity index (χ1v) is 12.3. The molecular weight excluding hydrogens is 497 g/mol. The average Bonchev–Trinajstić information content (AvgIpc) is 2.83. The number of benzene rings is 1. The lowest BCUT2D eigenvalue weighted by molar-refractivity contribution is -0.274. The number of fused-ring (bicyclic) bond motifs is 1. The van der Waals surface area contributed by atoms with E-state index in [1.54, 1.807) is 18.2 Å². The van der Waals surface area contributed by atoms with Crippen LogP contribution in [-0.4, -0.2) is 37.5 Å². The Morgan fingerprint density at radius 3 is 2.22 bits per heavy atom. The highest BCUT2D eigenvalue weighted by Crippen LogP contribution is 2.36. The minimum Gasteiger partial charge on any atom is -0.406 e. The predicted molar refractivity (Wildman–Crippen MR) is 131 cm³/mol. The molecule has 1 aliphatic rings. The lowest BCUT2D eigenvalue weighted by Gasteiger charge is -2.45. The van der Waals surface area contributed by atoms with Gasteiger partial charge in [0.25, 0.3) is 0 Å². The fraction of sp³-hybridized carbons (Fsp3) is 0.480. The van der Waals surface area contributed by atoms with Gasteiger partial charge in [-0.2, -0.15) is 0 Å². The van der Waals surface area contributed by atoms with Crippen molar-refractivity contribution >= 4 is 22.8 Å². The highest BCUT2D eigenvalue weighted by Gasteiger charge is 2.36. The molecule has 4 rings (SSSR count). The van der Waals surface area contributed by atoms with Gasteiger partial charge in [0.05, 0.1) is 10.5 Å². The molecule has 3 heterocycles. The lowest BCUT2D eigenvalue weighted by atomic mass is 9.87. The van der Waals surface area contributed by atoms with Crippen molar-refractivity contribution in [2.75, 3.05) is 0 Å². The molecule has 3 atom stereocenters. The Morgan fingerprint density at radius 2 is 1.67 bits per heavy atom. The molecular formula is C25H28ClF3N4O3. The van der Waals surface area contributed by atoms with Crippen LogP contribution in [0.25, 0.3) is 11.2 Å². The summed E-state index contributed by atoms with van der Waals surface area (Å²) in [6.45, 7) is 4.68. The van der Waals surface area contributed by atoms with E-state index < -0.39 is 17.5 Å². The number of aryl methyl sites for hydroxylation is 1. The van der Waals surface area contributed by atoms with E-state index >= 15 is 0 Å². The van der Waals surface area contributed by atoms with E-state index in [0.29, 0.717) is 35.6 Å². The highest BCUT2D eigenvalue weighted by molar-refractivity contribution is 6.31. The van der Waals surface area contributed by atoms with E-state index in [-0.39, 0.29) is 23.9 Å². The van der Waals surface area contributed by atoms with Crippen LogP contribution in [0, 0.1) is 0 Å². The number of likely N-dealkylation sites (tertiary alicyclic amines) is 1. The van der Waals surface area contributed by atoms with E-state index in [2.05, 4.69) is 28.5 Å². The molecule has 11 heteroatoms. The molecule has 7 nitrogen and oxygen atoms in total. The molecule has 0 N–H and O–H groups in total. The van der Waals surface area contributed by atoms with Crippen molar-refractivity contribution < 1.29 is 17.9 Å². The van der Waals surface area contributed by atoms with Crippen LogP contribution in [0.15, 0.2) is 46.1 Å². The molecule has 2 aromatic heterocycles. The Morgan fingerprint density at radius 1 is 1.06 bits per heavy atom. The van der Waals surface area contributed by atoms with Crippen LogP contribution in [0.5, 0.6) is 5.75 Å². The van der Waals surface area contributed by atoms with E-state index in [1.807, 2.05) is 0 Å². The minimum absolute atomic E-state index is 0.0955. The molecule has 1 aliphatic heterocycles. The molecule has 3 aromatic rings. The fourth-order valence-electron chi connectivity index (χ4n) is 5.22. The number of halogens is 4. The summed E-state index contributed by atoms with van der Waals surface area (Å²) in [5, 5.41) is 0.377. The SMILES string of the molecule is CC[C@@H]1C[C@H](n2c(=O)c(=O)n(C)c3cc(Cl)cnc32)C[C@H](CC)N1Cc1ccc(OC(F)(F)F)cc1. The maximum absolute atomic E-state index is 13.1. The summed E-state index contributed by atoms with van der Waals surface area (Å²) in [7, 11) is 1.53. The summed E-state index contributed by atoms with van der Waals surface area (Å²) in [4.78, 5) is 32.6. The van der Waals surface area contributed by atoms with Gasteiger partial charge in [-0.05, 0) is 49.4 Å². The minimum atomic E-state index is -4.73. The topological polar surface area (TPSA) is 69.4 Å². The zero-order chi connectivity index (χ0) is 26.2. The van der Waals surface area contributed by atoms with Crippen molar-refractivity contribution in [3.8, 4) is 5.75 Å². The number of nitrogens with zero attached hydrogens (tertiary/aromatic N) is 4. The summed E-state index contributed by atoms with van der Waals surface area (Å²) in [6, 6.07) is 7.52. The number of rotatable bonds is 6. The zero-order valence-electron chi connectivity index (χ0n) is 20.3. The normalized spacial score (nSPS) is 21.1. The Hall–Kier alpha value is -2.85. The molecule has 1 saturated heterocycles. The van der Waals surface area contributed by atoms with Gasteiger partial charge in [0.2, 0.25) is 0 Å². The summed E-state index contributed by atoms with van der Waals surface area (Å²) in [5.74, 6) is -0.256. The Labute approximate surface area is 211 Å². The van der Waals surface area contributed by atoms with Gasteiger partial charge < -0.3 is 9.30 Å². The number of pyridine rings is 1. The van der Waals surface area contributed by atoms with Crippen molar-refractivity contribution in [1.82, 2.24) is 19.0 Å². The van der Waals surface area contributed by atoms with Gasteiger partial charge in [-0.1, -0.05) is 37.6 Å². The van der Waals surface area contributed by atoms with Gasteiger partial charge in [-0.25, -0.2) is 4.98 Å². The van der Waals surface area contributed by atoms with Crippen molar-refractivity contribution in [3.63, 3.8) is 0 Å². The third-order valence-electron chi connectivity index (χ3n) is 6.97. The lowest BCUT2D eigenvalue weighted by Crippen LogP contribution is -2.51. The second-order valence-electron chi connectivity index (χ2n) is 9.15. The van der Waals surface area contributed by atoms with Crippen molar-refractivity contribution in [2.45, 2.75) is 70.6 Å². The standard InChI is InChI=1S/C25H28ClF3N4O3/c1-4-17-11-19(33-22-21(10-16(26)13-30-22)31(3)23(34)24(33)35)12-18(5-2)32(17)14-15-6-8-20(9-7-15)36-25(27,28)29/h6-10,13,17-19H,4-5,11-12,14H2,1-3H3/t17-,18+,19+. The van der Waals surface area contributed by atoms with Gasteiger partial charge >= 0.3 is 17.5 Å². The maximum atomic E-state index is 13.1. The number of aromatic nitrogens is 3. The molecule has 0 amide bonds. The number of alkyl halides is 3. The molecule has 0 radical (unpaired) electrons. The molecule has 194 valence electrons. The second-order valence-corrected chi connectivity index (χ2v) is 9.59. The largest absolute Gasteiger partial charge is 0.573 e. The first-order valence-electron chi connectivity index (χ1n) is 11.9. The summed E-state index contributed by atoms with van der Waals surface area (Å²) in [5.41, 5.74) is 0.554. The van der Waals surface area contributed by atoms with Crippen LogP contribution in [0.3, 0.4) is 0 Å². The summed E-state index contributed by atoms with van der Waals surface area (Å²) in [6.07, 6.45) is -0.382. The van der Waals surface area contributed by atoms with E-state index in [4.69, 9.17) is 11.6 Å². The molecule has 0 saturated carbocycles. The Kier molecular flexibility index (Phi) is 7.47. The van der Waals surface area contributed by atoms with Gasteiger partial charge in [0.1, 0.15) is 5.75 Å². The van der Waals surface area contributed by atoms with Crippen LogP contribution >= 0.6 is 11.6 Å². The first kappa shape index (κ1) is 26.2. The monoisotopic (exact) mass is 524 g/mol. The van der Waals surface area contributed by atoms with Crippen LogP contribution in [0.1, 0.15) is 51.1 Å². The van der Waals surface area contributed by atoms with E-state index in [0.717, 1.165) is 18.4 Å².